The van der Waals surface area contributed by atoms with Crippen LogP contribution in [0.1, 0.15) is 46.5 Å². The minimum atomic E-state index is 0.619. The lowest BCUT2D eigenvalue weighted by molar-refractivity contribution is 0.594. The molecule has 0 aliphatic carbocycles. The lowest BCUT2D eigenvalue weighted by atomic mass is 10.2. The zero-order chi connectivity index (χ0) is 9.23. The van der Waals surface area contributed by atoms with E-state index in [2.05, 4.69) is 38.2 Å². The van der Waals surface area contributed by atoms with Crippen molar-refractivity contribution in [3.05, 3.63) is 12.2 Å². The Morgan fingerprint density at radius 1 is 1.17 bits per heavy atom. The molecule has 0 bridgehead atoms. The zero-order valence-corrected chi connectivity index (χ0v) is 8.77. The molecule has 0 saturated carbocycles. The first kappa shape index (κ1) is 11.7. The Bertz CT molecular complexity index is 106. The highest BCUT2D eigenvalue weighted by Crippen LogP contribution is 1.95. The second-order valence-corrected chi connectivity index (χ2v) is 3.51. The summed E-state index contributed by atoms with van der Waals surface area (Å²) in [5, 5.41) is 3.39. The topological polar surface area (TPSA) is 12.0 Å². The van der Waals surface area contributed by atoms with Gasteiger partial charge in [0, 0.05) is 6.04 Å². The van der Waals surface area contributed by atoms with Crippen molar-refractivity contribution in [2.24, 2.45) is 0 Å². The molecule has 1 N–H and O–H groups in total. The van der Waals surface area contributed by atoms with Gasteiger partial charge in [-0.1, -0.05) is 45.8 Å². The zero-order valence-electron chi connectivity index (χ0n) is 8.77. The van der Waals surface area contributed by atoms with Gasteiger partial charge in [0.2, 0.25) is 0 Å². The first-order valence-corrected chi connectivity index (χ1v) is 5.15. The number of nitrogens with one attached hydrogen (secondary N) is 1. The summed E-state index contributed by atoms with van der Waals surface area (Å²) in [5.74, 6) is 0. The largest absolute Gasteiger partial charge is 0.314 e. The molecule has 0 rings (SSSR count). The summed E-state index contributed by atoms with van der Waals surface area (Å²) in [4.78, 5) is 0. The molecule has 0 atom stereocenters. The van der Waals surface area contributed by atoms with E-state index >= 15 is 0 Å². The first-order valence-electron chi connectivity index (χ1n) is 5.15. The standard InChI is InChI=1S/C11H23N/c1-4-5-6-7-8-9-10-12-11(2)3/h7-8,11-12H,4-6,9-10H2,1-3H3. The molecular weight excluding hydrogens is 146 g/mol. The molecular formula is C11H23N. The number of hydrogen-bond acceptors (Lipinski definition) is 1. The molecule has 0 radical (unpaired) electrons. The fourth-order valence-electron chi connectivity index (χ4n) is 1.01. The van der Waals surface area contributed by atoms with E-state index in [-0.39, 0.29) is 0 Å². The Balaban J connectivity index is 3.03. The molecule has 0 aliphatic heterocycles. The van der Waals surface area contributed by atoms with Gasteiger partial charge in [-0.2, -0.15) is 0 Å². The third-order valence-electron chi connectivity index (χ3n) is 1.75. The molecule has 1 nitrogen and oxygen atoms in total. The van der Waals surface area contributed by atoms with Crippen LogP contribution >= 0.6 is 0 Å². The normalized spacial score (nSPS) is 11.7. The van der Waals surface area contributed by atoms with Crippen molar-refractivity contribution >= 4 is 0 Å². The van der Waals surface area contributed by atoms with Crippen molar-refractivity contribution in [2.45, 2.75) is 52.5 Å². The predicted octanol–water partition coefficient (Wildman–Crippen LogP) is 3.12. The van der Waals surface area contributed by atoms with Crippen LogP contribution in [0.25, 0.3) is 0 Å². The Hall–Kier alpha value is -0.300. The molecule has 0 unspecified atom stereocenters. The van der Waals surface area contributed by atoms with Crippen molar-refractivity contribution in [2.75, 3.05) is 6.54 Å². The monoisotopic (exact) mass is 169 g/mol. The van der Waals surface area contributed by atoms with Crippen LogP contribution in [0.3, 0.4) is 0 Å². The van der Waals surface area contributed by atoms with Gasteiger partial charge in [0.25, 0.3) is 0 Å². The maximum Gasteiger partial charge on any atom is 0.00105 e. The summed E-state index contributed by atoms with van der Waals surface area (Å²) in [7, 11) is 0. The van der Waals surface area contributed by atoms with Gasteiger partial charge in [0.05, 0.1) is 0 Å². The van der Waals surface area contributed by atoms with Gasteiger partial charge < -0.3 is 5.32 Å². The van der Waals surface area contributed by atoms with E-state index in [1.165, 1.54) is 25.7 Å². The number of rotatable bonds is 7. The summed E-state index contributed by atoms with van der Waals surface area (Å²) in [5.41, 5.74) is 0. The summed E-state index contributed by atoms with van der Waals surface area (Å²) < 4.78 is 0. The highest BCUT2D eigenvalue weighted by Gasteiger charge is 1.87. The minimum absolute atomic E-state index is 0.619. The van der Waals surface area contributed by atoms with Gasteiger partial charge >= 0.3 is 0 Å². The molecule has 0 aromatic heterocycles. The second-order valence-electron chi connectivity index (χ2n) is 3.51. The van der Waals surface area contributed by atoms with E-state index in [1.807, 2.05) is 0 Å². The van der Waals surface area contributed by atoms with Crippen LogP contribution in [0.4, 0.5) is 0 Å². The van der Waals surface area contributed by atoms with Crippen molar-refractivity contribution in [1.82, 2.24) is 5.32 Å². The van der Waals surface area contributed by atoms with Gasteiger partial charge in [0.1, 0.15) is 0 Å². The van der Waals surface area contributed by atoms with Gasteiger partial charge in [-0.15, -0.1) is 0 Å². The van der Waals surface area contributed by atoms with Crippen LogP contribution in [0, 0.1) is 0 Å². The fraction of sp³-hybridized carbons (Fsp3) is 0.818. The average Bonchev–Trinajstić information content (AvgIpc) is 2.02. The summed E-state index contributed by atoms with van der Waals surface area (Å²) >= 11 is 0. The first-order chi connectivity index (χ1) is 5.77. The minimum Gasteiger partial charge on any atom is -0.314 e. The van der Waals surface area contributed by atoms with Crippen LogP contribution in [-0.2, 0) is 0 Å². The van der Waals surface area contributed by atoms with E-state index in [4.69, 9.17) is 0 Å². The maximum absolute atomic E-state index is 3.39. The third kappa shape index (κ3) is 9.70. The Kier molecular flexibility index (Phi) is 8.57. The molecule has 72 valence electrons. The lowest BCUT2D eigenvalue weighted by Crippen LogP contribution is -2.23. The van der Waals surface area contributed by atoms with E-state index in [0.29, 0.717) is 6.04 Å². The maximum atomic E-state index is 3.39. The van der Waals surface area contributed by atoms with Crippen molar-refractivity contribution in [3.63, 3.8) is 0 Å². The van der Waals surface area contributed by atoms with Gasteiger partial charge in [-0.25, -0.2) is 0 Å². The van der Waals surface area contributed by atoms with Crippen molar-refractivity contribution < 1.29 is 0 Å². The van der Waals surface area contributed by atoms with E-state index < -0.39 is 0 Å². The Morgan fingerprint density at radius 2 is 1.83 bits per heavy atom. The molecule has 0 aliphatic rings. The quantitative estimate of drug-likeness (QED) is 0.456. The van der Waals surface area contributed by atoms with Crippen LogP contribution < -0.4 is 5.32 Å². The molecule has 0 saturated heterocycles. The molecule has 0 spiro atoms. The molecule has 0 aromatic carbocycles. The second kappa shape index (κ2) is 8.79. The number of allylic oxidation sites excluding steroid dienone is 1. The van der Waals surface area contributed by atoms with Gasteiger partial charge in [0.15, 0.2) is 0 Å². The molecule has 0 heterocycles. The molecule has 12 heavy (non-hydrogen) atoms. The van der Waals surface area contributed by atoms with E-state index in [1.54, 1.807) is 0 Å². The molecule has 1 heteroatoms. The van der Waals surface area contributed by atoms with Crippen LogP contribution in [-0.4, -0.2) is 12.6 Å². The van der Waals surface area contributed by atoms with Crippen LogP contribution in [0.5, 0.6) is 0 Å². The SMILES string of the molecule is CCCCC=CCCNC(C)C. The Labute approximate surface area is 77.2 Å². The summed E-state index contributed by atoms with van der Waals surface area (Å²) in [6.07, 6.45) is 9.62. The predicted molar refractivity (Wildman–Crippen MR) is 56.4 cm³/mol. The average molecular weight is 169 g/mol. The Morgan fingerprint density at radius 3 is 2.42 bits per heavy atom. The van der Waals surface area contributed by atoms with Gasteiger partial charge in [-0.3, -0.25) is 0 Å². The van der Waals surface area contributed by atoms with E-state index in [0.717, 1.165) is 6.54 Å². The van der Waals surface area contributed by atoms with Gasteiger partial charge in [-0.05, 0) is 19.4 Å². The highest BCUT2D eigenvalue weighted by molar-refractivity contribution is 4.82. The molecule has 0 amide bonds. The molecule has 0 aromatic rings. The fourth-order valence-corrected chi connectivity index (χ4v) is 1.01. The summed E-state index contributed by atoms with van der Waals surface area (Å²) in [6.45, 7) is 7.70. The summed E-state index contributed by atoms with van der Waals surface area (Å²) in [6, 6.07) is 0.619. The molecule has 0 fully saturated rings. The third-order valence-corrected chi connectivity index (χ3v) is 1.75. The smallest absolute Gasteiger partial charge is 0.00105 e. The van der Waals surface area contributed by atoms with Crippen LogP contribution in [0.2, 0.25) is 0 Å². The highest BCUT2D eigenvalue weighted by atomic mass is 14.9. The van der Waals surface area contributed by atoms with Crippen molar-refractivity contribution in [3.8, 4) is 0 Å². The number of unbranched alkanes of at least 4 members (excludes halogenated alkanes) is 2. The number of hydrogen-bond donors (Lipinski definition) is 1. The van der Waals surface area contributed by atoms with Crippen molar-refractivity contribution in [1.29, 1.82) is 0 Å². The van der Waals surface area contributed by atoms with E-state index in [9.17, 15) is 0 Å². The van der Waals surface area contributed by atoms with Crippen LogP contribution in [0.15, 0.2) is 12.2 Å². The lowest BCUT2D eigenvalue weighted by Gasteiger charge is -2.04.